The van der Waals surface area contributed by atoms with Gasteiger partial charge in [-0.15, -0.1) is 0 Å². The van der Waals surface area contributed by atoms with Gasteiger partial charge in [0.1, 0.15) is 5.69 Å². The first-order valence-corrected chi connectivity index (χ1v) is 12.8. The number of nitrogens with one attached hydrogen (secondary N) is 2. The van der Waals surface area contributed by atoms with Crippen molar-refractivity contribution in [2.45, 2.75) is 20.3 Å². The van der Waals surface area contributed by atoms with Gasteiger partial charge in [-0.1, -0.05) is 35.4 Å². The van der Waals surface area contributed by atoms with E-state index < -0.39 is 4.92 Å². The summed E-state index contributed by atoms with van der Waals surface area (Å²) < 4.78 is 0. The normalized spacial score (nSPS) is 13.9. The number of rotatable bonds is 9. The Morgan fingerprint density at radius 1 is 1.00 bits per heavy atom. The van der Waals surface area contributed by atoms with E-state index in [0.717, 1.165) is 61.0 Å². The molecular formula is C28H32ClN5O3. The molecular weight excluding hydrogens is 490 g/mol. The molecule has 9 heteroatoms. The van der Waals surface area contributed by atoms with Gasteiger partial charge in [0.2, 0.25) is 0 Å². The summed E-state index contributed by atoms with van der Waals surface area (Å²) in [5.74, 6) is -0.376. The smallest absolute Gasteiger partial charge is 0.293 e. The molecule has 1 aliphatic heterocycles. The van der Waals surface area contributed by atoms with Gasteiger partial charge >= 0.3 is 0 Å². The minimum absolute atomic E-state index is 0.108. The number of nitrogens with zero attached hydrogens (tertiary/aromatic N) is 3. The van der Waals surface area contributed by atoms with Crippen molar-refractivity contribution in [2.75, 3.05) is 54.8 Å². The highest BCUT2D eigenvalue weighted by Gasteiger charge is 2.19. The Labute approximate surface area is 222 Å². The van der Waals surface area contributed by atoms with Crippen LogP contribution in [0.15, 0.2) is 60.7 Å². The van der Waals surface area contributed by atoms with Gasteiger partial charge in [0.15, 0.2) is 0 Å². The molecule has 1 amide bonds. The zero-order valence-corrected chi connectivity index (χ0v) is 21.9. The second kappa shape index (κ2) is 12.1. The fraction of sp³-hybridized carbons (Fsp3) is 0.321. The summed E-state index contributed by atoms with van der Waals surface area (Å²) in [5.41, 5.74) is 4.42. The molecule has 0 aliphatic carbocycles. The summed E-state index contributed by atoms with van der Waals surface area (Å²) >= 11 is 6.12. The highest BCUT2D eigenvalue weighted by Crippen LogP contribution is 2.27. The van der Waals surface area contributed by atoms with E-state index in [1.54, 1.807) is 12.1 Å². The van der Waals surface area contributed by atoms with E-state index in [-0.39, 0.29) is 17.2 Å². The lowest BCUT2D eigenvalue weighted by Crippen LogP contribution is -2.46. The highest BCUT2D eigenvalue weighted by molar-refractivity contribution is 6.30. The number of hydrogen-bond donors (Lipinski definition) is 2. The molecule has 3 aromatic rings. The first kappa shape index (κ1) is 26.4. The van der Waals surface area contributed by atoms with Gasteiger partial charge in [-0.05, 0) is 68.8 Å². The van der Waals surface area contributed by atoms with Crippen molar-refractivity contribution in [1.82, 2.24) is 4.90 Å². The molecule has 2 N–H and O–H groups in total. The molecule has 1 saturated heterocycles. The summed E-state index contributed by atoms with van der Waals surface area (Å²) in [6.07, 6.45) is 0.850. The molecule has 1 heterocycles. The Kier molecular flexibility index (Phi) is 8.63. The summed E-state index contributed by atoms with van der Waals surface area (Å²) in [6, 6.07) is 18.2. The minimum Gasteiger partial charge on any atom is -0.379 e. The number of benzene rings is 3. The van der Waals surface area contributed by atoms with Gasteiger partial charge in [-0.3, -0.25) is 19.8 Å². The Morgan fingerprint density at radius 2 is 1.76 bits per heavy atom. The third-order valence-corrected chi connectivity index (χ3v) is 6.83. The molecule has 0 unspecified atom stereocenters. The van der Waals surface area contributed by atoms with Crippen LogP contribution in [0.2, 0.25) is 5.02 Å². The van der Waals surface area contributed by atoms with E-state index in [4.69, 9.17) is 11.6 Å². The second-order valence-corrected chi connectivity index (χ2v) is 9.79. The highest BCUT2D eigenvalue weighted by atomic mass is 35.5. The lowest BCUT2D eigenvalue weighted by molar-refractivity contribution is -0.384. The third kappa shape index (κ3) is 6.99. The van der Waals surface area contributed by atoms with Gasteiger partial charge in [0.05, 0.1) is 4.92 Å². The Morgan fingerprint density at radius 3 is 2.46 bits per heavy atom. The largest absolute Gasteiger partial charge is 0.379 e. The Bertz CT molecular complexity index is 1270. The van der Waals surface area contributed by atoms with E-state index in [0.29, 0.717) is 17.9 Å². The number of halogens is 1. The predicted molar refractivity (Wildman–Crippen MR) is 150 cm³/mol. The molecule has 4 rings (SSSR count). The lowest BCUT2D eigenvalue weighted by Gasteiger charge is -2.36. The van der Waals surface area contributed by atoms with Crippen LogP contribution in [-0.2, 0) is 0 Å². The molecule has 0 bridgehead atoms. The Balaban J connectivity index is 1.27. The number of nitro groups is 1. The van der Waals surface area contributed by atoms with Crippen LogP contribution in [0.4, 0.5) is 22.7 Å². The molecule has 0 spiro atoms. The van der Waals surface area contributed by atoms with Gasteiger partial charge < -0.3 is 15.5 Å². The number of nitro benzene ring substituents is 1. The zero-order valence-electron chi connectivity index (χ0n) is 21.2. The van der Waals surface area contributed by atoms with Crippen LogP contribution in [0.5, 0.6) is 0 Å². The van der Waals surface area contributed by atoms with Crippen LogP contribution in [-0.4, -0.2) is 55.0 Å². The topological polar surface area (TPSA) is 90.8 Å². The zero-order chi connectivity index (χ0) is 26.4. The predicted octanol–water partition coefficient (Wildman–Crippen LogP) is 5.74. The average molecular weight is 522 g/mol. The SMILES string of the molecule is Cc1ccc(NC(=O)c2ccc(NCCCN3CCN(c4cccc(Cl)c4)CC3)c([N+](=O)[O-])c2)c(C)c1. The molecule has 8 nitrogen and oxygen atoms in total. The number of piperazine rings is 1. The standard InChI is InChI=1S/C28H32ClN5O3/c1-20-7-9-25(21(2)17-20)31-28(35)22-8-10-26(27(18-22)34(36)37)30-11-4-12-32-13-15-33(16-14-32)24-6-3-5-23(29)19-24/h3,5-10,17-19,30H,4,11-16H2,1-2H3,(H,31,35). The number of carbonyl (C=O) groups excluding carboxylic acids is 1. The molecule has 37 heavy (non-hydrogen) atoms. The van der Waals surface area contributed by atoms with Crippen LogP contribution < -0.4 is 15.5 Å². The summed E-state index contributed by atoms with van der Waals surface area (Å²) in [5, 5.41) is 18.5. The van der Waals surface area contributed by atoms with E-state index in [9.17, 15) is 14.9 Å². The van der Waals surface area contributed by atoms with E-state index in [1.165, 1.54) is 6.07 Å². The lowest BCUT2D eigenvalue weighted by atomic mass is 10.1. The van der Waals surface area contributed by atoms with Gasteiger partial charge in [0, 0.05) is 60.8 Å². The van der Waals surface area contributed by atoms with Crippen molar-refractivity contribution in [1.29, 1.82) is 0 Å². The van der Waals surface area contributed by atoms with Crippen LogP contribution in [0.3, 0.4) is 0 Å². The first-order chi connectivity index (χ1) is 17.8. The molecule has 194 valence electrons. The van der Waals surface area contributed by atoms with Crippen LogP contribution >= 0.6 is 11.6 Å². The molecule has 0 atom stereocenters. The molecule has 0 radical (unpaired) electrons. The molecule has 1 fully saturated rings. The number of anilines is 3. The van der Waals surface area contributed by atoms with Crippen LogP contribution in [0.1, 0.15) is 27.9 Å². The quantitative estimate of drug-likeness (QED) is 0.212. The van der Waals surface area contributed by atoms with Crippen molar-refractivity contribution in [3.05, 3.63) is 92.5 Å². The second-order valence-electron chi connectivity index (χ2n) is 9.35. The third-order valence-electron chi connectivity index (χ3n) is 6.60. The molecule has 0 aromatic heterocycles. The van der Waals surface area contributed by atoms with Crippen molar-refractivity contribution < 1.29 is 9.72 Å². The maximum absolute atomic E-state index is 12.7. The van der Waals surface area contributed by atoms with Crippen LogP contribution in [0, 0.1) is 24.0 Å². The molecule has 3 aromatic carbocycles. The van der Waals surface area contributed by atoms with Crippen molar-refractivity contribution in [3.8, 4) is 0 Å². The fourth-order valence-corrected chi connectivity index (χ4v) is 4.73. The molecule has 1 aliphatic rings. The molecule has 0 saturated carbocycles. The fourth-order valence-electron chi connectivity index (χ4n) is 4.55. The minimum atomic E-state index is -0.453. The number of hydrogen-bond acceptors (Lipinski definition) is 6. The van der Waals surface area contributed by atoms with Crippen molar-refractivity contribution in [3.63, 3.8) is 0 Å². The summed E-state index contributed by atoms with van der Waals surface area (Å²) in [6.45, 7) is 9.18. The maximum atomic E-state index is 12.7. The van der Waals surface area contributed by atoms with Gasteiger partial charge in [-0.25, -0.2) is 0 Å². The maximum Gasteiger partial charge on any atom is 0.293 e. The number of amides is 1. The van der Waals surface area contributed by atoms with Crippen molar-refractivity contribution >= 4 is 40.3 Å². The van der Waals surface area contributed by atoms with Gasteiger partial charge in [-0.2, -0.15) is 0 Å². The average Bonchev–Trinajstić information content (AvgIpc) is 2.88. The van der Waals surface area contributed by atoms with Crippen molar-refractivity contribution in [2.24, 2.45) is 0 Å². The van der Waals surface area contributed by atoms with Gasteiger partial charge in [0.25, 0.3) is 11.6 Å². The Hall–Kier alpha value is -3.62. The number of carbonyl (C=O) groups is 1. The van der Waals surface area contributed by atoms with E-state index in [2.05, 4.69) is 26.5 Å². The number of aryl methyl sites for hydroxylation is 2. The summed E-state index contributed by atoms with van der Waals surface area (Å²) in [7, 11) is 0. The van der Waals surface area contributed by atoms with Crippen LogP contribution in [0.25, 0.3) is 0 Å². The van der Waals surface area contributed by atoms with E-state index in [1.807, 2.05) is 50.2 Å². The first-order valence-electron chi connectivity index (χ1n) is 12.4. The monoisotopic (exact) mass is 521 g/mol. The van der Waals surface area contributed by atoms with E-state index >= 15 is 0 Å². The summed E-state index contributed by atoms with van der Waals surface area (Å²) in [4.78, 5) is 28.7.